The molecule has 8 heteroatoms. The topological polar surface area (TPSA) is 54.4 Å². The maximum atomic E-state index is 8.95. The summed E-state index contributed by atoms with van der Waals surface area (Å²) >= 11 is 7.05. The van der Waals surface area contributed by atoms with Crippen LogP contribution >= 0.6 is 78.5 Å². The molecule has 3 nitrogen and oxygen atoms in total. The van der Waals surface area contributed by atoms with E-state index in [4.69, 9.17) is 13.0 Å². The van der Waals surface area contributed by atoms with Crippen molar-refractivity contribution >= 4 is 87.8 Å². The highest BCUT2D eigenvalue weighted by molar-refractivity contribution is 14.3. The summed E-state index contributed by atoms with van der Waals surface area (Å²) in [6.45, 7) is 6.15. The highest BCUT2D eigenvalue weighted by atomic mass is 127. The Morgan fingerprint density at radius 1 is 0.944 bits per heavy atom. The molecular formula is C10H16ClI3O3S. The molecule has 0 saturated carbocycles. The Morgan fingerprint density at radius 2 is 1.00 bits per heavy atom. The van der Waals surface area contributed by atoms with Gasteiger partial charge in [-0.3, -0.25) is 4.55 Å². The van der Waals surface area contributed by atoms with Gasteiger partial charge in [0.05, 0.1) is 0 Å². The summed E-state index contributed by atoms with van der Waals surface area (Å²) in [6.07, 6.45) is 0. The summed E-state index contributed by atoms with van der Waals surface area (Å²) in [7, 11) is -0.137. The molecule has 0 saturated heterocycles. The zero-order valence-electron chi connectivity index (χ0n) is 10.1. The van der Waals surface area contributed by atoms with Crippen LogP contribution in [0.2, 0.25) is 0 Å². The second kappa shape index (κ2) is 15.0. The summed E-state index contributed by atoms with van der Waals surface area (Å²) < 4.78 is 25.6. The van der Waals surface area contributed by atoms with Gasteiger partial charge < -0.3 is 0 Å². The highest BCUT2D eigenvalue weighted by Gasteiger charge is 2.04. The molecule has 0 bridgehead atoms. The van der Waals surface area contributed by atoms with Crippen molar-refractivity contribution in [2.75, 3.05) is 0 Å². The number of rotatable bonds is 0. The van der Waals surface area contributed by atoms with Gasteiger partial charge in [0.25, 0.3) is 0 Å². The van der Waals surface area contributed by atoms with E-state index in [1.165, 1.54) is 0 Å². The lowest BCUT2D eigenvalue weighted by molar-refractivity contribution is 0.501. The summed E-state index contributed by atoms with van der Waals surface area (Å²) in [4.78, 5) is 0. The fraction of sp³-hybridized carbons (Fsp3) is 0.400. The fourth-order valence-electron chi connectivity index (χ4n) is 0.385. The minimum atomic E-state index is -4.19. The van der Waals surface area contributed by atoms with Crippen molar-refractivity contribution in [1.29, 1.82) is 0 Å². The van der Waals surface area contributed by atoms with E-state index < -0.39 is 9.33 Å². The first-order valence-corrected chi connectivity index (χ1v) is 10.2. The van der Waals surface area contributed by atoms with Crippen molar-refractivity contribution in [3.8, 4) is 0 Å². The van der Waals surface area contributed by atoms with Crippen LogP contribution in [0.5, 0.6) is 0 Å². The van der Waals surface area contributed by atoms with Crippen molar-refractivity contribution < 1.29 is 13.0 Å². The van der Waals surface area contributed by atoms with Crippen LogP contribution in [-0.4, -0.2) is 12.4 Å². The van der Waals surface area contributed by atoms with E-state index in [9.17, 15) is 0 Å². The zero-order valence-corrected chi connectivity index (χ0v) is 18.2. The van der Waals surface area contributed by atoms with Crippen LogP contribution in [0.3, 0.4) is 0 Å². The van der Waals surface area contributed by atoms with Crippen LogP contribution in [0.4, 0.5) is 0 Å². The van der Waals surface area contributed by atoms with Gasteiger partial charge in [0.15, 0.2) is 0 Å². The second-order valence-corrected chi connectivity index (χ2v) is 17.0. The molecule has 1 aromatic rings. The van der Waals surface area contributed by atoms with E-state index in [0.717, 1.165) is 0 Å². The average molecular weight is 632 g/mol. The third-order valence-electron chi connectivity index (χ3n) is 0.667. The Labute approximate surface area is 155 Å². The molecule has 0 fully saturated rings. The number of hydrogen-bond acceptors (Lipinski definition) is 2. The summed E-state index contributed by atoms with van der Waals surface area (Å²) in [5, 5.41) is 0. The van der Waals surface area contributed by atoms with Crippen LogP contribution in [0.25, 0.3) is 0 Å². The largest absolute Gasteiger partial charge is 0.353 e. The Bertz CT molecular complexity index is 312. The quantitative estimate of drug-likeness (QED) is 0.173. The molecule has 1 N–H and O–H groups in total. The Kier molecular flexibility index (Phi) is 20.5. The lowest BCUT2D eigenvalue weighted by atomic mass is 10.4. The summed E-state index contributed by atoms with van der Waals surface area (Å²) in [6, 6.07) is 12.0. The maximum absolute atomic E-state index is 8.95. The third-order valence-corrected chi connectivity index (χ3v) is 0.667. The first kappa shape index (κ1) is 24.6. The van der Waals surface area contributed by atoms with Crippen LogP contribution in [0.15, 0.2) is 36.4 Å². The lowest BCUT2D eigenvalue weighted by Crippen LogP contribution is -1.82. The molecule has 0 aromatic heterocycles. The molecule has 1 aromatic carbocycles. The Balaban J connectivity index is -0.000000177. The molecule has 18 heavy (non-hydrogen) atoms. The van der Waals surface area contributed by atoms with E-state index in [2.05, 4.69) is 85.4 Å². The molecule has 0 amide bonds. The van der Waals surface area contributed by atoms with E-state index in [-0.39, 0.29) is 0 Å². The molecule has 0 radical (unpaired) electrons. The molecule has 0 spiro atoms. The van der Waals surface area contributed by atoms with Gasteiger partial charge in [-0.2, -0.15) is 8.42 Å². The molecule has 0 atom stereocenters. The molecule has 0 heterocycles. The third kappa shape index (κ3) is 83.9. The normalized spacial score (nSPS) is 9.56. The van der Waals surface area contributed by atoms with Crippen LogP contribution in [0.1, 0.15) is 20.8 Å². The van der Waals surface area contributed by atoms with E-state index in [1.807, 2.05) is 50.2 Å². The van der Waals surface area contributed by atoms with Gasteiger partial charge >= 0.3 is 9.33 Å². The number of benzene rings is 1. The van der Waals surface area contributed by atoms with Crippen molar-refractivity contribution in [2.45, 2.75) is 20.2 Å². The maximum Gasteiger partial charge on any atom is 0.353 e. The summed E-state index contributed by atoms with van der Waals surface area (Å²) in [5.74, 6) is 0. The molecule has 0 aliphatic heterocycles. The number of hydrogen-bond donors (Lipinski definition) is 1. The SMILES string of the molecule is CC.CC(I)(I)I.O=S(=O)(O)Cl.c1ccccc1. The van der Waals surface area contributed by atoms with Crippen LogP contribution in [0, 0.1) is 0 Å². The van der Waals surface area contributed by atoms with Gasteiger partial charge in [-0.25, -0.2) is 0 Å². The van der Waals surface area contributed by atoms with Gasteiger partial charge in [0.1, 0.15) is -0.565 Å². The van der Waals surface area contributed by atoms with Crippen LogP contribution < -0.4 is 0 Å². The van der Waals surface area contributed by atoms with Crippen molar-refractivity contribution in [2.24, 2.45) is 0 Å². The van der Waals surface area contributed by atoms with E-state index >= 15 is 0 Å². The lowest BCUT2D eigenvalue weighted by Gasteiger charge is -1.96. The van der Waals surface area contributed by atoms with Gasteiger partial charge in [0.2, 0.25) is 0 Å². The smallest absolute Gasteiger partial charge is 0.273 e. The first-order valence-electron chi connectivity index (χ1n) is 4.74. The van der Waals surface area contributed by atoms with E-state index in [1.54, 1.807) is 0 Å². The summed E-state index contributed by atoms with van der Waals surface area (Å²) in [5.41, 5.74) is 0. The van der Waals surface area contributed by atoms with Crippen LogP contribution in [-0.2, 0) is 9.33 Å². The fourth-order valence-corrected chi connectivity index (χ4v) is 0.385. The van der Waals surface area contributed by atoms with Crippen molar-refractivity contribution in [1.82, 2.24) is 0 Å². The number of halogens is 4. The minimum absolute atomic E-state index is 0.410. The molecule has 0 aliphatic rings. The van der Waals surface area contributed by atoms with Crippen molar-refractivity contribution in [3.05, 3.63) is 36.4 Å². The molecule has 1 rings (SSSR count). The standard InChI is InChI=1S/C6H6.C2H3I3.C2H6.ClHO3S/c1-2-4-6-5-3-1;1-2(3,4)5;1-2;1-5(2,3)4/h1-6H;1H3;1-2H3;(H,2,3,4). The second-order valence-electron chi connectivity index (χ2n) is 2.35. The molecular weight excluding hydrogens is 616 g/mol. The highest BCUT2D eigenvalue weighted by Crippen LogP contribution is 2.33. The van der Waals surface area contributed by atoms with Gasteiger partial charge in [0, 0.05) is 10.7 Å². The monoisotopic (exact) mass is 632 g/mol. The Hall–Kier alpha value is 1.61. The van der Waals surface area contributed by atoms with Gasteiger partial charge in [-0.15, -0.1) is 0 Å². The number of alkyl halides is 3. The molecule has 108 valence electrons. The van der Waals surface area contributed by atoms with E-state index in [0.29, 0.717) is -0.565 Å². The zero-order chi connectivity index (χ0) is 15.2. The first-order chi connectivity index (χ1) is 8.00. The van der Waals surface area contributed by atoms with Gasteiger partial charge in [-0.1, -0.05) is 118 Å². The minimum Gasteiger partial charge on any atom is -0.273 e. The van der Waals surface area contributed by atoms with Crippen molar-refractivity contribution in [3.63, 3.8) is 0 Å². The predicted molar refractivity (Wildman–Crippen MR) is 106 cm³/mol. The Morgan fingerprint density at radius 3 is 1.06 bits per heavy atom. The molecule has 0 unspecified atom stereocenters. The predicted octanol–water partition coefficient (Wildman–Crippen LogP) is 5.71. The molecule has 0 aliphatic carbocycles. The van der Waals surface area contributed by atoms with Gasteiger partial charge in [-0.05, 0) is 6.92 Å². The average Bonchev–Trinajstić information content (AvgIpc) is 2.18.